The first-order chi connectivity index (χ1) is 14.1. The summed E-state index contributed by atoms with van der Waals surface area (Å²) in [5, 5.41) is 0. The van der Waals surface area contributed by atoms with Crippen molar-refractivity contribution in [2.24, 2.45) is 0 Å². The fourth-order valence-corrected chi connectivity index (χ4v) is 4.45. The Morgan fingerprint density at radius 1 is 1.14 bits per heavy atom. The van der Waals surface area contributed by atoms with Crippen LogP contribution in [0, 0.1) is 6.92 Å². The lowest BCUT2D eigenvalue weighted by Gasteiger charge is -2.33. The molecule has 7 heteroatoms. The molecule has 2 aromatic rings. The maximum atomic E-state index is 5.10. The second kappa shape index (κ2) is 9.13. The first-order valence-corrected chi connectivity index (χ1v) is 10.7. The summed E-state index contributed by atoms with van der Waals surface area (Å²) in [6, 6.07) is 0. The SMILES string of the molecule is COCCc1ncc(CN2CCCC(c3nc(C)c4c(n3)N(C)CCC4)C2)cn1. The van der Waals surface area contributed by atoms with Gasteiger partial charge in [0.15, 0.2) is 0 Å². The molecular formula is C22H32N6O. The van der Waals surface area contributed by atoms with Crippen LogP contribution in [0.1, 0.15) is 53.7 Å². The maximum absolute atomic E-state index is 5.10. The van der Waals surface area contributed by atoms with E-state index >= 15 is 0 Å². The van der Waals surface area contributed by atoms with E-state index in [9.17, 15) is 0 Å². The molecule has 29 heavy (non-hydrogen) atoms. The monoisotopic (exact) mass is 396 g/mol. The Morgan fingerprint density at radius 3 is 2.76 bits per heavy atom. The van der Waals surface area contributed by atoms with Crippen LogP contribution in [0.3, 0.4) is 0 Å². The number of hydrogen-bond acceptors (Lipinski definition) is 7. The number of rotatable bonds is 6. The molecule has 7 nitrogen and oxygen atoms in total. The molecular weight excluding hydrogens is 364 g/mol. The Hall–Kier alpha value is -2.12. The standard InChI is InChI=1S/C22H32N6O/c1-16-19-7-5-9-27(2)22(19)26-21(25-16)18-6-4-10-28(15-18)14-17-12-23-20(24-13-17)8-11-29-3/h12-13,18H,4-11,14-15H2,1-3H3. The minimum atomic E-state index is 0.393. The summed E-state index contributed by atoms with van der Waals surface area (Å²) in [6.07, 6.45) is 9.29. The van der Waals surface area contributed by atoms with Gasteiger partial charge in [0.05, 0.1) is 6.61 Å². The number of likely N-dealkylation sites (tertiary alicyclic amines) is 1. The van der Waals surface area contributed by atoms with Crippen LogP contribution in [0.5, 0.6) is 0 Å². The molecule has 4 rings (SSSR count). The van der Waals surface area contributed by atoms with E-state index in [4.69, 9.17) is 14.7 Å². The molecule has 0 bridgehead atoms. The first-order valence-electron chi connectivity index (χ1n) is 10.7. The van der Waals surface area contributed by atoms with E-state index in [-0.39, 0.29) is 0 Å². The van der Waals surface area contributed by atoms with Crippen molar-refractivity contribution in [3.05, 3.63) is 40.9 Å². The van der Waals surface area contributed by atoms with Crippen LogP contribution in [-0.2, 0) is 24.1 Å². The van der Waals surface area contributed by atoms with E-state index in [0.717, 1.165) is 74.2 Å². The third-order valence-corrected chi connectivity index (χ3v) is 6.06. The molecule has 4 heterocycles. The Bertz CT molecular complexity index is 825. The van der Waals surface area contributed by atoms with Gasteiger partial charge in [-0.1, -0.05) is 0 Å². The van der Waals surface area contributed by atoms with Crippen LogP contribution in [-0.4, -0.2) is 65.2 Å². The Morgan fingerprint density at radius 2 is 1.97 bits per heavy atom. The summed E-state index contributed by atoms with van der Waals surface area (Å²) in [5.74, 6) is 3.40. The number of ether oxygens (including phenoxy) is 1. The number of aromatic nitrogens is 4. The molecule has 2 aliphatic heterocycles. The molecule has 0 N–H and O–H groups in total. The molecule has 1 fully saturated rings. The molecule has 2 aliphatic rings. The molecule has 1 saturated heterocycles. The predicted octanol–water partition coefficient (Wildman–Crippen LogP) is 2.53. The Labute approximate surface area is 173 Å². The molecule has 0 spiro atoms. The van der Waals surface area contributed by atoms with Crippen molar-refractivity contribution in [1.82, 2.24) is 24.8 Å². The highest BCUT2D eigenvalue weighted by Gasteiger charge is 2.27. The van der Waals surface area contributed by atoms with Crippen molar-refractivity contribution >= 4 is 5.82 Å². The highest BCUT2D eigenvalue weighted by molar-refractivity contribution is 5.50. The number of piperidine rings is 1. The van der Waals surface area contributed by atoms with Crippen LogP contribution in [0.4, 0.5) is 5.82 Å². The molecule has 0 amide bonds. The van der Waals surface area contributed by atoms with E-state index in [2.05, 4.69) is 33.7 Å². The first kappa shape index (κ1) is 20.2. The van der Waals surface area contributed by atoms with Gasteiger partial charge >= 0.3 is 0 Å². The number of hydrogen-bond donors (Lipinski definition) is 0. The smallest absolute Gasteiger partial charge is 0.135 e. The third-order valence-electron chi connectivity index (χ3n) is 6.06. The lowest BCUT2D eigenvalue weighted by atomic mass is 9.96. The van der Waals surface area contributed by atoms with Gasteiger partial charge in [-0.25, -0.2) is 19.9 Å². The van der Waals surface area contributed by atoms with Gasteiger partial charge in [0.1, 0.15) is 17.5 Å². The molecule has 0 radical (unpaired) electrons. The van der Waals surface area contributed by atoms with Crippen molar-refractivity contribution in [2.75, 3.05) is 45.3 Å². The molecule has 0 saturated carbocycles. The van der Waals surface area contributed by atoms with Gasteiger partial charge in [-0.05, 0) is 39.2 Å². The lowest BCUT2D eigenvalue weighted by Crippen LogP contribution is -2.35. The highest BCUT2D eigenvalue weighted by atomic mass is 16.5. The van der Waals surface area contributed by atoms with Crippen molar-refractivity contribution < 1.29 is 4.74 Å². The summed E-state index contributed by atoms with van der Waals surface area (Å²) < 4.78 is 5.10. The van der Waals surface area contributed by atoms with Crippen LogP contribution >= 0.6 is 0 Å². The minimum absolute atomic E-state index is 0.393. The number of methoxy groups -OCH3 is 1. The Kier molecular flexibility index (Phi) is 6.35. The average Bonchev–Trinajstić information content (AvgIpc) is 2.74. The van der Waals surface area contributed by atoms with Gasteiger partial charge < -0.3 is 9.64 Å². The highest BCUT2D eigenvalue weighted by Crippen LogP contribution is 2.31. The fourth-order valence-electron chi connectivity index (χ4n) is 4.45. The van der Waals surface area contributed by atoms with E-state index in [0.29, 0.717) is 12.5 Å². The largest absolute Gasteiger partial charge is 0.384 e. The molecule has 156 valence electrons. The summed E-state index contributed by atoms with van der Waals surface area (Å²) in [4.78, 5) is 23.7. The fraction of sp³-hybridized carbons (Fsp3) is 0.636. The summed E-state index contributed by atoms with van der Waals surface area (Å²) in [5.41, 5.74) is 3.66. The lowest BCUT2D eigenvalue weighted by molar-refractivity contribution is 0.195. The average molecular weight is 397 g/mol. The van der Waals surface area contributed by atoms with Crippen molar-refractivity contribution in [3.63, 3.8) is 0 Å². The third kappa shape index (κ3) is 4.73. The van der Waals surface area contributed by atoms with Crippen LogP contribution < -0.4 is 4.90 Å². The van der Waals surface area contributed by atoms with E-state index in [1.165, 1.54) is 18.4 Å². The Balaban J connectivity index is 1.43. The zero-order valence-electron chi connectivity index (χ0n) is 17.9. The molecule has 1 atom stereocenters. The van der Waals surface area contributed by atoms with E-state index < -0.39 is 0 Å². The van der Waals surface area contributed by atoms with Crippen molar-refractivity contribution in [1.29, 1.82) is 0 Å². The van der Waals surface area contributed by atoms with Gasteiger partial charge in [-0.2, -0.15) is 0 Å². The molecule has 0 aromatic carbocycles. The predicted molar refractivity (Wildman–Crippen MR) is 113 cm³/mol. The van der Waals surface area contributed by atoms with E-state index in [1.54, 1.807) is 7.11 Å². The molecule has 1 unspecified atom stereocenters. The van der Waals surface area contributed by atoms with Gasteiger partial charge in [-0.15, -0.1) is 0 Å². The zero-order valence-corrected chi connectivity index (χ0v) is 17.9. The van der Waals surface area contributed by atoms with Gasteiger partial charge in [0.2, 0.25) is 0 Å². The molecule has 0 aliphatic carbocycles. The zero-order chi connectivity index (χ0) is 20.2. The number of aryl methyl sites for hydroxylation is 1. The number of nitrogens with zero attached hydrogens (tertiary/aromatic N) is 6. The summed E-state index contributed by atoms with van der Waals surface area (Å²) >= 11 is 0. The van der Waals surface area contributed by atoms with Crippen LogP contribution in [0.15, 0.2) is 12.4 Å². The van der Waals surface area contributed by atoms with Gasteiger partial charge in [-0.3, -0.25) is 4.90 Å². The summed E-state index contributed by atoms with van der Waals surface area (Å²) in [6.45, 7) is 6.86. The van der Waals surface area contributed by atoms with Crippen LogP contribution in [0.25, 0.3) is 0 Å². The van der Waals surface area contributed by atoms with Crippen molar-refractivity contribution in [2.45, 2.75) is 51.5 Å². The quantitative estimate of drug-likeness (QED) is 0.743. The number of anilines is 1. The number of fused-ring (bicyclic) bond motifs is 1. The second-order valence-corrected chi connectivity index (χ2v) is 8.32. The summed E-state index contributed by atoms with van der Waals surface area (Å²) in [7, 11) is 3.85. The maximum Gasteiger partial charge on any atom is 0.135 e. The normalized spacial score (nSPS) is 20.0. The molecule has 2 aromatic heterocycles. The van der Waals surface area contributed by atoms with Crippen molar-refractivity contribution in [3.8, 4) is 0 Å². The second-order valence-electron chi connectivity index (χ2n) is 8.32. The van der Waals surface area contributed by atoms with Gasteiger partial charge in [0.25, 0.3) is 0 Å². The van der Waals surface area contributed by atoms with Gasteiger partial charge in [0, 0.05) is 75.3 Å². The van der Waals surface area contributed by atoms with E-state index in [1.807, 2.05) is 12.4 Å². The van der Waals surface area contributed by atoms with Crippen LogP contribution in [0.2, 0.25) is 0 Å². The topological polar surface area (TPSA) is 67.3 Å². The minimum Gasteiger partial charge on any atom is -0.384 e.